The third-order valence-corrected chi connectivity index (χ3v) is 4.31. The van der Waals surface area contributed by atoms with E-state index in [0.29, 0.717) is 12.6 Å². The first-order valence-corrected chi connectivity index (χ1v) is 6.68. The Morgan fingerprint density at radius 3 is 2.35 bits per heavy atom. The number of rotatable bonds is 6. The number of nitrogens with one attached hydrogen (secondary N) is 1. The Kier molecular flexibility index (Phi) is 3.73. The second-order valence-corrected chi connectivity index (χ2v) is 5.88. The van der Waals surface area contributed by atoms with Gasteiger partial charge >= 0.3 is 0 Å². The Morgan fingerprint density at radius 1 is 1.29 bits per heavy atom. The lowest BCUT2D eigenvalue weighted by Gasteiger charge is -2.49. The molecule has 98 valence electrons. The normalized spacial score (nSPS) is 22.4. The van der Waals surface area contributed by atoms with Crippen molar-refractivity contribution < 1.29 is 4.79 Å². The molecule has 0 radical (unpaired) electrons. The number of carbonyl (C=O) groups excluding carboxylic acids is 1. The summed E-state index contributed by atoms with van der Waals surface area (Å²) in [6.45, 7) is 1.37. The van der Waals surface area contributed by atoms with E-state index in [4.69, 9.17) is 0 Å². The van der Waals surface area contributed by atoms with Crippen LogP contribution in [0.2, 0.25) is 0 Å². The zero-order chi connectivity index (χ0) is 12.5. The van der Waals surface area contributed by atoms with Gasteiger partial charge in [0.05, 0.1) is 6.54 Å². The maximum absolute atomic E-state index is 12.0. The lowest BCUT2D eigenvalue weighted by molar-refractivity contribution is -0.131. The Bertz CT molecular complexity index is 282. The Hall–Kier alpha value is -0.610. The van der Waals surface area contributed by atoms with Gasteiger partial charge in [-0.3, -0.25) is 4.79 Å². The SMILES string of the molecule is CN(CC1(N(C)C)CCC1)C(=O)CNC1CC1. The molecule has 0 spiro atoms. The fourth-order valence-corrected chi connectivity index (χ4v) is 2.52. The highest BCUT2D eigenvalue weighted by molar-refractivity contribution is 5.78. The fourth-order valence-electron chi connectivity index (χ4n) is 2.52. The largest absolute Gasteiger partial charge is 0.343 e. The van der Waals surface area contributed by atoms with Crippen LogP contribution in [0.3, 0.4) is 0 Å². The third kappa shape index (κ3) is 2.99. The molecule has 1 N–H and O–H groups in total. The van der Waals surface area contributed by atoms with Crippen molar-refractivity contribution in [2.24, 2.45) is 0 Å². The summed E-state index contributed by atoms with van der Waals surface area (Å²) in [5, 5.41) is 3.28. The highest BCUT2D eigenvalue weighted by Gasteiger charge is 2.40. The minimum Gasteiger partial charge on any atom is -0.343 e. The molecule has 0 saturated heterocycles. The molecule has 2 saturated carbocycles. The quantitative estimate of drug-likeness (QED) is 0.740. The highest BCUT2D eigenvalue weighted by Crippen LogP contribution is 2.36. The molecule has 0 unspecified atom stereocenters. The molecule has 2 aliphatic carbocycles. The molecule has 0 aromatic carbocycles. The Morgan fingerprint density at radius 2 is 1.94 bits per heavy atom. The van der Waals surface area contributed by atoms with E-state index in [-0.39, 0.29) is 11.4 Å². The maximum atomic E-state index is 12.0. The predicted octanol–water partition coefficient (Wildman–Crippen LogP) is 0.681. The third-order valence-electron chi connectivity index (χ3n) is 4.31. The van der Waals surface area contributed by atoms with Gasteiger partial charge in [0.1, 0.15) is 0 Å². The van der Waals surface area contributed by atoms with Crippen molar-refractivity contribution >= 4 is 5.91 Å². The van der Waals surface area contributed by atoms with Crippen molar-refractivity contribution in [1.29, 1.82) is 0 Å². The van der Waals surface area contributed by atoms with Crippen LogP contribution in [0.5, 0.6) is 0 Å². The molecule has 0 aromatic heterocycles. The minimum atomic E-state index is 0.227. The smallest absolute Gasteiger partial charge is 0.236 e. The van der Waals surface area contributed by atoms with Crippen LogP contribution < -0.4 is 5.32 Å². The zero-order valence-electron chi connectivity index (χ0n) is 11.3. The monoisotopic (exact) mass is 239 g/mol. The van der Waals surface area contributed by atoms with E-state index in [1.54, 1.807) is 0 Å². The van der Waals surface area contributed by atoms with Crippen LogP contribution in [-0.2, 0) is 4.79 Å². The molecule has 4 heteroatoms. The van der Waals surface area contributed by atoms with Gasteiger partial charge in [-0.15, -0.1) is 0 Å². The number of amides is 1. The number of hydrogen-bond acceptors (Lipinski definition) is 3. The lowest BCUT2D eigenvalue weighted by atomic mass is 9.75. The molecular weight excluding hydrogens is 214 g/mol. The summed E-state index contributed by atoms with van der Waals surface area (Å²) in [7, 11) is 6.18. The molecule has 0 aliphatic heterocycles. The van der Waals surface area contributed by atoms with Crippen molar-refractivity contribution in [3.8, 4) is 0 Å². The summed E-state index contributed by atoms with van der Waals surface area (Å²) < 4.78 is 0. The summed E-state index contributed by atoms with van der Waals surface area (Å²) >= 11 is 0. The molecule has 0 aromatic rings. The summed E-state index contributed by atoms with van der Waals surface area (Å²) in [6, 6.07) is 0.610. The van der Waals surface area contributed by atoms with Gasteiger partial charge in [0, 0.05) is 25.2 Å². The van der Waals surface area contributed by atoms with Crippen LogP contribution in [0.25, 0.3) is 0 Å². The van der Waals surface area contributed by atoms with Gasteiger partial charge in [0.15, 0.2) is 0 Å². The first kappa shape index (κ1) is 12.8. The molecule has 2 aliphatic rings. The van der Waals surface area contributed by atoms with Crippen LogP contribution in [0.1, 0.15) is 32.1 Å². The molecule has 0 bridgehead atoms. The van der Waals surface area contributed by atoms with Gasteiger partial charge in [0.25, 0.3) is 0 Å². The first-order valence-electron chi connectivity index (χ1n) is 6.68. The molecule has 4 nitrogen and oxygen atoms in total. The lowest BCUT2D eigenvalue weighted by Crippen LogP contribution is -2.58. The van der Waals surface area contributed by atoms with E-state index in [1.165, 1.54) is 32.1 Å². The predicted molar refractivity (Wildman–Crippen MR) is 68.9 cm³/mol. The standard InChI is InChI=1S/C13H25N3O/c1-15(2)13(7-4-8-13)10-16(3)12(17)9-14-11-5-6-11/h11,14H,4-10H2,1-3H3. The van der Waals surface area contributed by atoms with E-state index < -0.39 is 0 Å². The van der Waals surface area contributed by atoms with Gasteiger partial charge in [-0.2, -0.15) is 0 Å². The fraction of sp³-hybridized carbons (Fsp3) is 0.923. The van der Waals surface area contributed by atoms with Gasteiger partial charge in [-0.05, 0) is 46.2 Å². The van der Waals surface area contributed by atoms with Gasteiger partial charge in [-0.25, -0.2) is 0 Å². The number of nitrogens with zero attached hydrogens (tertiary/aromatic N) is 2. The zero-order valence-corrected chi connectivity index (χ0v) is 11.3. The molecule has 1 amide bonds. The van der Waals surface area contributed by atoms with Gasteiger partial charge in [-0.1, -0.05) is 0 Å². The van der Waals surface area contributed by atoms with Crippen LogP contribution >= 0.6 is 0 Å². The van der Waals surface area contributed by atoms with E-state index in [1.807, 2.05) is 11.9 Å². The maximum Gasteiger partial charge on any atom is 0.236 e. The van der Waals surface area contributed by atoms with Crippen molar-refractivity contribution in [1.82, 2.24) is 15.1 Å². The Balaban J connectivity index is 1.77. The Labute approximate surface area is 104 Å². The molecule has 0 atom stereocenters. The van der Waals surface area contributed by atoms with Crippen molar-refractivity contribution in [2.75, 3.05) is 34.2 Å². The average Bonchev–Trinajstić information content (AvgIpc) is 3.02. The second-order valence-electron chi connectivity index (χ2n) is 5.88. The summed E-state index contributed by atoms with van der Waals surface area (Å²) in [6.07, 6.45) is 6.19. The molecule has 2 fully saturated rings. The van der Waals surface area contributed by atoms with Gasteiger partial charge in [0.2, 0.25) is 5.91 Å². The topological polar surface area (TPSA) is 35.6 Å². The minimum absolute atomic E-state index is 0.227. The molecule has 2 rings (SSSR count). The molecule has 0 heterocycles. The number of likely N-dealkylation sites (N-methyl/N-ethyl adjacent to an activating group) is 2. The van der Waals surface area contributed by atoms with Crippen LogP contribution in [0.15, 0.2) is 0 Å². The highest BCUT2D eigenvalue weighted by atomic mass is 16.2. The summed E-state index contributed by atoms with van der Waals surface area (Å²) in [5.41, 5.74) is 0.240. The molecular formula is C13H25N3O. The van der Waals surface area contributed by atoms with Crippen LogP contribution in [-0.4, -0.2) is 61.5 Å². The van der Waals surface area contributed by atoms with Crippen LogP contribution in [0, 0.1) is 0 Å². The average molecular weight is 239 g/mol. The van der Waals surface area contributed by atoms with E-state index in [2.05, 4.69) is 24.3 Å². The van der Waals surface area contributed by atoms with Crippen molar-refractivity contribution in [2.45, 2.75) is 43.7 Å². The van der Waals surface area contributed by atoms with Crippen LogP contribution in [0.4, 0.5) is 0 Å². The molecule has 17 heavy (non-hydrogen) atoms. The summed E-state index contributed by atoms with van der Waals surface area (Å²) in [5.74, 6) is 0.227. The van der Waals surface area contributed by atoms with E-state index in [0.717, 1.165) is 6.54 Å². The van der Waals surface area contributed by atoms with E-state index >= 15 is 0 Å². The number of hydrogen-bond donors (Lipinski definition) is 1. The second kappa shape index (κ2) is 4.94. The first-order chi connectivity index (χ1) is 8.03. The number of carbonyl (C=O) groups is 1. The summed E-state index contributed by atoms with van der Waals surface area (Å²) in [4.78, 5) is 16.1. The van der Waals surface area contributed by atoms with Crippen molar-refractivity contribution in [3.63, 3.8) is 0 Å². The van der Waals surface area contributed by atoms with Gasteiger partial charge < -0.3 is 15.1 Å². The van der Waals surface area contributed by atoms with Crippen molar-refractivity contribution in [3.05, 3.63) is 0 Å². The van der Waals surface area contributed by atoms with E-state index in [9.17, 15) is 4.79 Å².